The Morgan fingerprint density at radius 1 is 0.893 bits per heavy atom. The van der Waals surface area contributed by atoms with Gasteiger partial charge in [-0.1, -0.05) is 20.8 Å². The van der Waals surface area contributed by atoms with Crippen molar-refractivity contribution >= 4 is 17.4 Å². The van der Waals surface area contributed by atoms with E-state index in [0.717, 1.165) is 49.2 Å². The van der Waals surface area contributed by atoms with Crippen molar-refractivity contribution < 1.29 is 0 Å². The predicted octanol–water partition coefficient (Wildman–Crippen LogP) is 2.09. The molecule has 0 aromatic carbocycles. The maximum absolute atomic E-state index is 4.56. The highest BCUT2D eigenvalue weighted by Crippen LogP contribution is 2.36. The number of aromatic nitrogens is 6. The van der Waals surface area contributed by atoms with Crippen molar-refractivity contribution in [3.8, 4) is 0 Å². The molecule has 2 fully saturated rings. The highest BCUT2D eigenvalue weighted by Gasteiger charge is 2.41. The van der Waals surface area contributed by atoms with E-state index in [0.29, 0.717) is 17.6 Å². The van der Waals surface area contributed by atoms with Gasteiger partial charge in [0, 0.05) is 61.3 Å². The molecule has 2 atom stereocenters. The van der Waals surface area contributed by atoms with Gasteiger partial charge in [0.1, 0.15) is 24.3 Å². The number of fused-ring (bicyclic) bond motifs is 2. The first-order valence-electron chi connectivity index (χ1n) is 9.88. The molecule has 0 N–H and O–H groups in total. The molecular weight excluding hydrogens is 352 g/mol. The minimum atomic E-state index is 0.0342. The third-order valence-corrected chi connectivity index (χ3v) is 5.92. The third kappa shape index (κ3) is 2.87. The zero-order valence-corrected chi connectivity index (χ0v) is 16.9. The van der Waals surface area contributed by atoms with Gasteiger partial charge in [0.25, 0.3) is 5.78 Å². The van der Waals surface area contributed by atoms with E-state index in [-0.39, 0.29) is 5.41 Å². The maximum atomic E-state index is 4.56. The number of anilines is 2. The minimum Gasteiger partial charge on any atom is -0.356 e. The molecule has 2 unspecified atom stereocenters. The highest BCUT2D eigenvalue weighted by molar-refractivity contribution is 5.50. The normalized spacial score (nSPS) is 22.3. The molecule has 0 spiro atoms. The maximum Gasteiger partial charge on any atom is 0.254 e. The van der Waals surface area contributed by atoms with Crippen molar-refractivity contribution in [2.24, 2.45) is 11.8 Å². The zero-order chi connectivity index (χ0) is 19.5. The van der Waals surface area contributed by atoms with Gasteiger partial charge in [-0.25, -0.2) is 15.0 Å². The molecular formula is C20H26N8. The fourth-order valence-electron chi connectivity index (χ4n) is 4.43. The second-order valence-electron chi connectivity index (χ2n) is 9.07. The van der Waals surface area contributed by atoms with Gasteiger partial charge in [-0.2, -0.15) is 14.6 Å². The van der Waals surface area contributed by atoms with Gasteiger partial charge in [0.15, 0.2) is 0 Å². The Bertz CT molecular complexity index is 1010. The Morgan fingerprint density at radius 3 is 2.32 bits per heavy atom. The molecule has 2 saturated heterocycles. The van der Waals surface area contributed by atoms with Crippen LogP contribution in [0.3, 0.4) is 0 Å². The molecule has 0 amide bonds. The van der Waals surface area contributed by atoms with Gasteiger partial charge in [0.05, 0.1) is 5.69 Å². The molecule has 146 valence electrons. The van der Waals surface area contributed by atoms with Crippen LogP contribution >= 0.6 is 0 Å². The van der Waals surface area contributed by atoms with E-state index in [1.807, 2.05) is 11.4 Å². The summed E-state index contributed by atoms with van der Waals surface area (Å²) < 4.78 is 1.85. The number of nitrogens with zero attached hydrogens (tertiary/aromatic N) is 8. The molecule has 2 aliphatic heterocycles. The van der Waals surface area contributed by atoms with Gasteiger partial charge in [-0.3, -0.25) is 0 Å². The number of aryl methyl sites for hydroxylation is 1. The van der Waals surface area contributed by atoms with E-state index in [4.69, 9.17) is 0 Å². The Labute approximate surface area is 164 Å². The lowest BCUT2D eigenvalue weighted by atomic mass is 9.92. The first-order valence-corrected chi connectivity index (χ1v) is 9.88. The van der Waals surface area contributed by atoms with Crippen molar-refractivity contribution in [1.82, 2.24) is 29.5 Å². The van der Waals surface area contributed by atoms with E-state index in [1.54, 1.807) is 12.7 Å². The molecule has 5 rings (SSSR count). The van der Waals surface area contributed by atoms with Crippen molar-refractivity contribution in [3.63, 3.8) is 0 Å². The van der Waals surface area contributed by atoms with E-state index in [2.05, 4.69) is 67.7 Å². The fourth-order valence-corrected chi connectivity index (χ4v) is 4.43. The fraction of sp³-hybridized carbons (Fsp3) is 0.550. The van der Waals surface area contributed by atoms with Crippen LogP contribution in [-0.4, -0.2) is 55.7 Å². The second-order valence-corrected chi connectivity index (χ2v) is 9.07. The summed E-state index contributed by atoms with van der Waals surface area (Å²) in [4.78, 5) is 22.6. The molecule has 5 heterocycles. The number of hydrogen-bond acceptors (Lipinski definition) is 7. The van der Waals surface area contributed by atoms with Crippen LogP contribution in [0.5, 0.6) is 0 Å². The average Bonchev–Trinajstić information content (AvgIpc) is 3.34. The summed E-state index contributed by atoms with van der Waals surface area (Å²) in [5.74, 6) is 4.07. The van der Waals surface area contributed by atoms with Crippen molar-refractivity contribution in [1.29, 1.82) is 0 Å². The molecule has 0 bridgehead atoms. The van der Waals surface area contributed by atoms with E-state index >= 15 is 0 Å². The van der Waals surface area contributed by atoms with Crippen LogP contribution in [0.15, 0.2) is 24.8 Å². The molecule has 3 aromatic heterocycles. The smallest absolute Gasteiger partial charge is 0.254 e. The molecule has 0 saturated carbocycles. The van der Waals surface area contributed by atoms with E-state index < -0.39 is 0 Å². The lowest BCUT2D eigenvalue weighted by Gasteiger charge is -2.25. The first kappa shape index (κ1) is 17.3. The van der Waals surface area contributed by atoms with Gasteiger partial charge in [-0.05, 0) is 6.92 Å². The van der Waals surface area contributed by atoms with Gasteiger partial charge < -0.3 is 9.80 Å². The van der Waals surface area contributed by atoms with Gasteiger partial charge >= 0.3 is 0 Å². The van der Waals surface area contributed by atoms with Crippen LogP contribution in [0.4, 0.5) is 11.6 Å². The summed E-state index contributed by atoms with van der Waals surface area (Å²) in [6.07, 6.45) is 3.28. The Balaban J connectivity index is 1.35. The quantitative estimate of drug-likeness (QED) is 0.676. The lowest BCUT2D eigenvalue weighted by Crippen LogP contribution is -2.30. The van der Waals surface area contributed by atoms with Crippen LogP contribution in [0.2, 0.25) is 0 Å². The topological polar surface area (TPSA) is 75.3 Å². The first-order chi connectivity index (χ1) is 13.4. The third-order valence-electron chi connectivity index (χ3n) is 5.92. The van der Waals surface area contributed by atoms with Crippen LogP contribution in [0, 0.1) is 18.8 Å². The average molecular weight is 378 g/mol. The summed E-state index contributed by atoms with van der Waals surface area (Å²) in [7, 11) is 0. The summed E-state index contributed by atoms with van der Waals surface area (Å²) in [6, 6.07) is 4.27. The lowest BCUT2D eigenvalue weighted by molar-refractivity contribution is 0.533. The van der Waals surface area contributed by atoms with Crippen molar-refractivity contribution in [2.45, 2.75) is 33.1 Å². The Morgan fingerprint density at radius 2 is 1.61 bits per heavy atom. The summed E-state index contributed by atoms with van der Waals surface area (Å²) in [5, 5.41) is 4.37. The molecule has 3 aromatic rings. The van der Waals surface area contributed by atoms with Gasteiger partial charge in [-0.15, -0.1) is 0 Å². The molecule has 8 nitrogen and oxygen atoms in total. The van der Waals surface area contributed by atoms with Crippen LogP contribution in [0.1, 0.15) is 32.2 Å². The van der Waals surface area contributed by atoms with Crippen LogP contribution in [0.25, 0.3) is 5.78 Å². The van der Waals surface area contributed by atoms with Crippen LogP contribution in [-0.2, 0) is 5.41 Å². The Hall–Kier alpha value is -2.77. The van der Waals surface area contributed by atoms with Crippen molar-refractivity contribution in [2.75, 3.05) is 36.0 Å². The second kappa shape index (κ2) is 6.12. The highest BCUT2D eigenvalue weighted by atomic mass is 15.4. The zero-order valence-electron chi connectivity index (χ0n) is 16.9. The molecule has 0 radical (unpaired) electrons. The Kier molecular flexibility index (Phi) is 3.79. The standard InChI is InChI=1S/C20H26N8/c1-13-5-18(28-19(25-13)23-12-24-28)27-9-14-7-26(8-15(14)10-27)17-6-16(20(2,3)4)21-11-22-17/h5-6,11-12,14-15H,7-10H2,1-4H3. The number of hydrogen-bond donors (Lipinski definition) is 0. The number of rotatable bonds is 2. The summed E-state index contributed by atoms with van der Waals surface area (Å²) in [6.45, 7) is 12.7. The van der Waals surface area contributed by atoms with Gasteiger partial charge in [0.2, 0.25) is 0 Å². The summed E-state index contributed by atoms with van der Waals surface area (Å²) in [5.41, 5.74) is 2.11. The van der Waals surface area contributed by atoms with E-state index in [9.17, 15) is 0 Å². The molecule has 0 aliphatic carbocycles. The molecule has 8 heteroatoms. The monoisotopic (exact) mass is 378 g/mol. The minimum absolute atomic E-state index is 0.0342. The van der Waals surface area contributed by atoms with Crippen LogP contribution < -0.4 is 9.80 Å². The SMILES string of the molecule is Cc1cc(N2CC3CN(c4cc(C(C)(C)C)ncn4)CC3C2)n2ncnc2n1. The summed E-state index contributed by atoms with van der Waals surface area (Å²) >= 11 is 0. The van der Waals surface area contributed by atoms with E-state index in [1.165, 1.54) is 0 Å². The largest absolute Gasteiger partial charge is 0.356 e. The molecule has 2 aliphatic rings. The predicted molar refractivity (Wildman–Crippen MR) is 108 cm³/mol. The molecule has 28 heavy (non-hydrogen) atoms. The van der Waals surface area contributed by atoms with Crippen molar-refractivity contribution in [3.05, 3.63) is 36.2 Å².